The number of ether oxygens (including phenoxy) is 6. The lowest BCUT2D eigenvalue weighted by Crippen LogP contribution is -2.10. The van der Waals surface area contributed by atoms with Crippen LogP contribution in [0.5, 0.6) is 11.5 Å². The summed E-state index contributed by atoms with van der Waals surface area (Å²) in [6, 6.07) is 12.0. The second-order valence-electron chi connectivity index (χ2n) is 13.7. The minimum absolute atomic E-state index is 0.187. The number of unbranched alkanes of at least 4 members (excludes halogenated alkanes) is 6. The number of esters is 4. The molecule has 0 atom stereocenters. The number of rotatable bonds is 32. The summed E-state index contributed by atoms with van der Waals surface area (Å²) in [7, 11) is 0. The summed E-state index contributed by atoms with van der Waals surface area (Å²) in [5, 5.41) is 9.96. The van der Waals surface area contributed by atoms with Gasteiger partial charge in [-0.1, -0.05) is 65.9 Å². The number of hydrogen-bond donors (Lipinski definition) is 1. The fourth-order valence-electron chi connectivity index (χ4n) is 6.26. The predicted octanol–water partition coefficient (Wildman–Crippen LogP) is 9.40. The summed E-state index contributed by atoms with van der Waals surface area (Å²) in [5.74, 6) is 0.764. The molecule has 0 fully saturated rings. The Kier molecular flexibility index (Phi) is 31.9. The molecule has 0 spiro atoms. The number of alkyl halides is 1. The van der Waals surface area contributed by atoms with E-state index in [1.807, 2.05) is 31.2 Å². The molecule has 0 aliphatic heterocycles. The van der Waals surface area contributed by atoms with Gasteiger partial charge in [-0.3, -0.25) is 19.2 Å². The van der Waals surface area contributed by atoms with E-state index in [0.29, 0.717) is 91.0 Å². The number of carbonyl (C=O) groups is 4. The predicted molar refractivity (Wildman–Crippen MR) is 231 cm³/mol. The molecule has 11 nitrogen and oxygen atoms in total. The minimum Gasteiger partial charge on any atom is -0.493 e. The fourth-order valence-corrected chi connectivity index (χ4v) is 6.65. The Hall–Kier alpha value is -3.64. The van der Waals surface area contributed by atoms with Gasteiger partial charge < -0.3 is 33.5 Å². The second kappa shape index (κ2) is 35.3. The number of aliphatic hydroxyl groups is 1. The summed E-state index contributed by atoms with van der Waals surface area (Å²) in [6.07, 6.45) is 14.2. The number of halogens is 1. The third-order valence-corrected chi connectivity index (χ3v) is 9.65. The van der Waals surface area contributed by atoms with Gasteiger partial charge in [-0.05, 0) is 126 Å². The van der Waals surface area contributed by atoms with E-state index in [0.717, 1.165) is 72.9 Å². The molecule has 0 bridgehead atoms. The summed E-state index contributed by atoms with van der Waals surface area (Å²) in [5.41, 5.74) is 4.54. The van der Waals surface area contributed by atoms with E-state index < -0.39 is 0 Å². The molecule has 2 aromatic rings. The first-order chi connectivity index (χ1) is 28.2. The number of aliphatic hydroxyl groups excluding tert-OH is 1. The van der Waals surface area contributed by atoms with Gasteiger partial charge in [0.2, 0.25) is 0 Å². The highest BCUT2D eigenvalue weighted by atomic mass is 79.9. The van der Waals surface area contributed by atoms with Gasteiger partial charge in [0.05, 0.1) is 39.6 Å². The molecule has 0 saturated heterocycles. The van der Waals surface area contributed by atoms with Crippen LogP contribution < -0.4 is 9.47 Å². The van der Waals surface area contributed by atoms with E-state index in [-0.39, 0.29) is 30.5 Å². The molecule has 0 aliphatic rings. The van der Waals surface area contributed by atoms with Crippen LogP contribution in [0.1, 0.15) is 140 Å². The first kappa shape index (κ1) is 52.4. The van der Waals surface area contributed by atoms with Crippen molar-refractivity contribution in [3.8, 4) is 11.5 Å². The molecule has 0 heterocycles. The SMILES string of the molecule is CCOC(=O)CCCOc1cccc(CCCCCCBr)c1CCC(=O)OCC.CCOC(=O)CCCOc1cccc(CCCCCCO)c1CCC(=O)OCC. The Morgan fingerprint density at radius 3 is 1.24 bits per heavy atom. The van der Waals surface area contributed by atoms with Crippen molar-refractivity contribution in [1.82, 2.24) is 0 Å². The first-order valence-corrected chi connectivity index (χ1v) is 22.6. The van der Waals surface area contributed by atoms with Crippen LogP contribution >= 0.6 is 15.9 Å². The van der Waals surface area contributed by atoms with E-state index in [4.69, 9.17) is 33.5 Å². The molecule has 58 heavy (non-hydrogen) atoms. The molecule has 2 aromatic carbocycles. The molecule has 0 radical (unpaired) electrons. The van der Waals surface area contributed by atoms with Crippen molar-refractivity contribution in [2.24, 2.45) is 0 Å². The lowest BCUT2D eigenvalue weighted by Gasteiger charge is -2.16. The van der Waals surface area contributed by atoms with E-state index in [1.165, 1.54) is 30.4 Å². The lowest BCUT2D eigenvalue weighted by atomic mass is 9.97. The van der Waals surface area contributed by atoms with E-state index >= 15 is 0 Å². The summed E-state index contributed by atoms with van der Waals surface area (Å²) < 4.78 is 32.0. The van der Waals surface area contributed by atoms with Gasteiger partial charge in [-0.25, -0.2) is 0 Å². The maximum atomic E-state index is 11.8. The molecule has 0 aromatic heterocycles. The van der Waals surface area contributed by atoms with Crippen molar-refractivity contribution < 1.29 is 52.7 Å². The molecule has 0 unspecified atom stereocenters. The normalized spacial score (nSPS) is 10.6. The zero-order valence-electron chi connectivity index (χ0n) is 35.8. The molecule has 1 N–H and O–H groups in total. The van der Waals surface area contributed by atoms with Gasteiger partial charge in [0.15, 0.2) is 0 Å². The van der Waals surface area contributed by atoms with Crippen molar-refractivity contribution in [1.29, 1.82) is 0 Å². The maximum absolute atomic E-state index is 11.8. The van der Waals surface area contributed by atoms with Crippen LogP contribution in [0.25, 0.3) is 0 Å². The van der Waals surface area contributed by atoms with Crippen molar-refractivity contribution in [2.45, 2.75) is 143 Å². The molecule has 0 aliphatic carbocycles. The van der Waals surface area contributed by atoms with Crippen LogP contribution in [0.15, 0.2) is 36.4 Å². The molecule has 0 saturated carbocycles. The summed E-state index contributed by atoms with van der Waals surface area (Å²) >= 11 is 3.47. The fraction of sp³-hybridized carbons (Fsp3) is 0.652. The largest absolute Gasteiger partial charge is 0.493 e. The molecular weight excluding hydrogens is 808 g/mol. The second-order valence-corrected chi connectivity index (χ2v) is 14.4. The van der Waals surface area contributed by atoms with E-state index in [1.54, 1.807) is 20.8 Å². The zero-order chi connectivity index (χ0) is 42.6. The highest BCUT2D eigenvalue weighted by Gasteiger charge is 2.15. The van der Waals surface area contributed by atoms with Crippen LogP contribution in [-0.2, 0) is 63.8 Å². The Balaban J connectivity index is 0.000000580. The average Bonchev–Trinajstić information content (AvgIpc) is 3.21. The van der Waals surface area contributed by atoms with E-state index in [9.17, 15) is 19.2 Å². The molecule has 2 rings (SSSR count). The Bertz CT molecular complexity index is 1310. The molecule has 12 heteroatoms. The van der Waals surface area contributed by atoms with Crippen LogP contribution in [0.3, 0.4) is 0 Å². The van der Waals surface area contributed by atoms with Gasteiger partial charge in [0, 0.05) is 37.6 Å². The van der Waals surface area contributed by atoms with Crippen LogP contribution in [0, 0.1) is 0 Å². The number of aryl methyl sites for hydroxylation is 2. The van der Waals surface area contributed by atoms with Crippen LogP contribution in [0.4, 0.5) is 0 Å². The minimum atomic E-state index is -0.213. The van der Waals surface area contributed by atoms with Crippen molar-refractivity contribution in [3.63, 3.8) is 0 Å². The third kappa shape index (κ3) is 25.0. The highest BCUT2D eigenvalue weighted by Crippen LogP contribution is 2.28. The van der Waals surface area contributed by atoms with Crippen LogP contribution in [0.2, 0.25) is 0 Å². The third-order valence-electron chi connectivity index (χ3n) is 9.09. The molecule has 328 valence electrons. The standard InChI is InChI=1S/C23H35BrO5.C23H36O6/c2*1-3-27-22(25)14-10-18-29-21-13-9-12-19(11-7-5-6-8-17-24)20(21)15-16-23(26)28-4-2/h9,12-13H,3-8,10-11,14-18H2,1-2H3;9,12-13,24H,3-8,10-11,14-18H2,1-2H3. The zero-order valence-corrected chi connectivity index (χ0v) is 37.3. The van der Waals surface area contributed by atoms with Crippen molar-refractivity contribution in [2.75, 3.05) is 51.6 Å². The quantitative estimate of drug-likeness (QED) is 0.0325. The van der Waals surface area contributed by atoms with Gasteiger partial charge in [-0.15, -0.1) is 0 Å². The Labute approximate surface area is 356 Å². The smallest absolute Gasteiger partial charge is 0.306 e. The maximum Gasteiger partial charge on any atom is 0.306 e. The number of hydrogen-bond acceptors (Lipinski definition) is 11. The summed E-state index contributed by atoms with van der Waals surface area (Å²) in [6.45, 7) is 9.87. The average molecular weight is 880 g/mol. The monoisotopic (exact) mass is 878 g/mol. The van der Waals surface area contributed by atoms with Crippen molar-refractivity contribution >= 4 is 39.8 Å². The van der Waals surface area contributed by atoms with E-state index in [2.05, 4.69) is 28.1 Å². The molecular formula is C46H71BrO11. The summed E-state index contributed by atoms with van der Waals surface area (Å²) in [4.78, 5) is 46.6. The number of carbonyl (C=O) groups excluding carboxylic acids is 4. The first-order valence-electron chi connectivity index (χ1n) is 21.5. The number of benzene rings is 2. The van der Waals surface area contributed by atoms with Crippen LogP contribution in [-0.4, -0.2) is 80.6 Å². The van der Waals surface area contributed by atoms with Gasteiger partial charge >= 0.3 is 23.9 Å². The highest BCUT2D eigenvalue weighted by molar-refractivity contribution is 9.09. The Morgan fingerprint density at radius 1 is 0.483 bits per heavy atom. The van der Waals surface area contributed by atoms with Gasteiger partial charge in [0.1, 0.15) is 11.5 Å². The Morgan fingerprint density at radius 2 is 0.862 bits per heavy atom. The molecule has 0 amide bonds. The topological polar surface area (TPSA) is 144 Å². The van der Waals surface area contributed by atoms with Gasteiger partial charge in [0.25, 0.3) is 0 Å². The lowest BCUT2D eigenvalue weighted by molar-refractivity contribution is -0.144. The van der Waals surface area contributed by atoms with Crippen molar-refractivity contribution in [3.05, 3.63) is 58.7 Å². The van der Waals surface area contributed by atoms with Gasteiger partial charge in [-0.2, -0.15) is 0 Å².